The zero-order chi connectivity index (χ0) is 48.2. The maximum atomic E-state index is 14.5. The molecule has 71 heavy (non-hydrogen) atoms. The minimum Gasteiger partial charge on any atom is -0.457 e. The highest BCUT2D eigenvalue weighted by Gasteiger charge is 2.32. The van der Waals surface area contributed by atoms with Crippen LogP contribution < -0.4 is 14.5 Å². The largest absolute Gasteiger partial charge is 0.457 e. The molecule has 0 amide bonds. The first kappa shape index (κ1) is 43.5. The monoisotopic (exact) mass is 926 g/mol. The fourth-order valence-electron chi connectivity index (χ4n) is 10.1. The Kier molecular flexibility index (Phi) is 10.8. The average molecular weight is 927 g/mol. The predicted molar refractivity (Wildman–Crippen MR) is 287 cm³/mol. The van der Waals surface area contributed by atoms with E-state index in [4.69, 9.17) is 9.72 Å². The Morgan fingerprint density at radius 2 is 1.03 bits per heavy atom. The predicted octanol–water partition coefficient (Wildman–Crippen LogP) is 17.5. The van der Waals surface area contributed by atoms with E-state index in [2.05, 4.69) is 193 Å². The van der Waals surface area contributed by atoms with E-state index in [1.54, 1.807) is 0 Å². The van der Waals surface area contributed by atoms with Crippen LogP contribution in [-0.2, 0) is 5.41 Å². The summed E-state index contributed by atoms with van der Waals surface area (Å²) < 4.78 is 38.2. The number of pyridine rings is 1. The molecule has 0 unspecified atom stereocenters. The van der Waals surface area contributed by atoms with Crippen molar-refractivity contribution in [1.82, 2.24) is 9.55 Å². The molecule has 344 valence electrons. The van der Waals surface area contributed by atoms with Crippen LogP contribution in [0.25, 0.3) is 72.1 Å². The van der Waals surface area contributed by atoms with Crippen molar-refractivity contribution in [2.75, 3.05) is 16.5 Å². The van der Waals surface area contributed by atoms with Crippen molar-refractivity contribution < 1.29 is 13.5 Å². The summed E-state index contributed by atoms with van der Waals surface area (Å²) in [5.41, 5.74) is 14.9. The second kappa shape index (κ2) is 17.6. The molecule has 0 N–H and O–H groups in total. The van der Waals surface area contributed by atoms with Crippen molar-refractivity contribution in [1.29, 1.82) is 0 Å². The van der Waals surface area contributed by atoms with E-state index in [0.717, 1.165) is 94.9 Å². The fraction of sp³-hybridized carbons (Fsp3) is 0.0781. The van der Waals surface area contributed by atoms with Gasteiger partial charge < -0.3 is 14.5 Å². The van der Waals surface area contributed by atoms with Crippen molar-refractivity contribution in [3.8, 4) is 61.8 Å². The van der Waals surface area contributed by atoms with Gasteiger partial charge in [-0.2, -0.15) is 0 Å². The number of hydrogen-bond acceptors (Lipinski definition) is 4. The van der Waals surface area contributed by atoms with Gasteiger partial charge in [0.05, 0.1) is 28.1 Å². The molecule has 0 fully saturated rings. The maximum absolute atomic E-state index is 14.5. The lowest BCUT2D eigenvalue weighted by Crippen LogP contribution is -2.25. The van der Waals surface area contributed by atoms with E-state index in [9.17, 15) is 8.78 Å². The van der Waals surface area contributed by atoms with Crippen molar-refractivity contribution in [2.24, 2.45) is 0 Å². The molecule has 7 heteroatoms. The second-order valence-electron chi connectivity index (χ2n) is 19.1. The highest BCUT2D eigenvalue weighted by molar-refractivity contribution is 6.09. The highest BCUT2D eigenvalue weighted by Crippen LogP contribution is 2.51. The molecule has 0 saturated heterocycles. The van der Waals surface area contributed by atoms with E-state index in [-0.39, 0.29) is 17.0 Å². The lowest BCUT2D eigenvalue weighted by Gasteiger charge is -2.27. The summed E-state index contributed by atoms with van der Waals surface area (Å²) >= 11 is 0. The topological polar surface area (TPSA) is 33.5 Å². The van der Waals surface area contributed by atoms with Gasteiger partial charge in [-0.05, 0) is 123 Å². The molecular weight excluding hydrogens is 879 g/mol. The molecule has 3 heterocycles. The summed E-state index contributed by atoms with van der Waals surface area (Å²) in [6.45, 7) is 7.10. The number of aromatic nitrogens is 2. The summed E-state index contributed by atoms with van der Waals surface area (Å²) in [5.74, 6) is 1.60. The van der Waals surface area contributed by atoms with Crippen molar-refractivity contribution in [3.63, 3.8) is 0 Å². The number of fused-ring (bicyclic) bond motifs is 4. The molecule has 1 aliphatic rings. The van der Waals surface area contributed by atoms with E-state index in [1.165, 1.54) is 29.8 Å². The Balaban J connectivity index is 1.02. The SMILES string of the molecule is CC(C)(C)c1ccnc(-n2c3ccccc3c3ccc(Oc4cc(-c5ccccc5-c5ccccc5)cc(N5CN(c6c(-c7ccc(F)cc7)cccc6-c6ccc(F)cc6)c6ccccc65)c4)cc32)c1. The van der Waals surface area contributed by atoms with E-state index in [1.807, 2.05) is 42.6 Å². The van der Waals surface area contributed by atoms with Crippen LogP contribution in [0.15, 0.2) is 225 Å². The Labute approximate surface area is 412 Å². The van der Waals surface area contributed by atoms with Gasteiger partial charge in [0.25, 0.3) is 0 Å². The third kappa shape index (κ3) is 8.05. The number of benzene rings is 9. The quantitative estimate of drug-likeness (QED) is 0.144. The van der Waals surface area contributed by atoms with Gasteiger partial charge in [0.2, 0.25) is 0 Å². The van der Waals surface area contributed by atoms with Crippen LogP contribution in [-0.4, -0.2) is 16.2 Å². The summed E-state index contributed by atoms with van der Waals surface area (Å²) in [7, 11) is 0. The van der Waals surface area contributed by atoms with Crippen LogP contribution in [0.3, 0.4) is 0 Å². The van der Waals surface area contributed by atoms with Crippen LogP contribution in [0.2, 0.25) is 0 Å². The lowest BCUT2D eigenvalue weighted by atomic mass is 9.88. The first-order valence-electron chi connectivity index (χ1n) is 23.9. The van der Waals surface area contributed by atoms with Gasteiger partial charge >= 0.3 is 0 Å². The third-order valence-corrected chi connectivity index (χ3v) is 13.6. The van der Waals surface area contributed by atoms with E-state index in [0.29, 0.717) is 18.2 Å². The normalized spacial score (nSPS) is 12.5. The van der Waals surface area contributed by atoms with Gasteiger partial charge in [-0.15, -0.1) is 0 Å². The number of ether oxygens (including phenoxy) is 1. The average Bonchev–Trinajstić information content (AvgIpc) is 3.95. The summed E-state index contributed by atoms with van der Waals surface area (Å²) in [4.78, 5) is 9.56. The maximum Gasteiger partial charge on any atom is 0.137 e. The first-order valence-corrected chi connectivity index (χ1v) is 23.9. The minimum absolute atomic E-state index is 0.0592. The van der Waals surface area contributed by atoms with Crippen LogP contribution in [0.1, 0.15) is 26.3 Å². The molecule has 0 spiro atoms. The van der Waals surface area contributed by atoms with Crippen molar-refractivity contribution >= 4 is 44.6 Å². The summed E-state index contributed by atoms with van der Waals surface area (Å²) in [6, 6.07) is 72.4. The number of rotatable bonds is 9. The fourth-order valence-corrected chi connectivity index (χ4v) is 10.1. The van der Waals surface area contributed by atoms with Crippen LogP contribution in [0, 0.1) is 11.6 Å². The van der Waals surface area contributed by atoms with Gasteiger partial charge in [0.1, 0.15) is 35.6 Å². The summed E-state index contributed by atoms with van der Waals surface area (Å²) in [6.07, 6.45) is 1.90. The zero-order valence-electron chi connectivity index (χ0n) is 39.5. The number of para-hydroxylation sites is 4. The zero-order valence-corrected chi connectivity index (χ0v) is 39.5. The number of anilines is 4. The molecule has 0 atom stereocenters. The third-order valence-electron chi connectivity index (χ3n) is 13.6. The molecule has 0 saturated carbocycles. The molecule has 0 aliphatic carbocycles. The van der Waals surface area contributed by atoms with Gasteiger partial charge in [0.15, 0.2) is 0 Å². The Bertz CT molecular complexity index is 3720. The summed E-state index contributed by atoms with van der Waals surface area (Å²) in [5, 5.41) is 2.25. The number of hydrogen-bond donors (Lipinski definition) is 0. The number of nitrogens with zero attached hydrogens (tertiary/aromatic N) is 4. The highest BCUT2D eigenvalue weighted by atomic mass is 19.1. The smallest absolute Gasteiger partial charge is 0.137 e. The molecule has 12 rings (SSSR count). The van der Waals surface area contributed by atoms with E-state index >= 15 is 0 Å². The standard InChI is InChI=1S/C64H48F2N4O/c1-64(2,3)46-34-35-67-62(38-46)70-58-21-10-9-18-56(58)57-33-32-50(40-61(57)70)71-51-37-45(53-17-8-7-16-52(53)42-14-5-4-6-15-42)36-49(39-51)68-41-69(60-23-12-11-22-59(60)68)63-54(43-24-28-47(65)29-25-43)19-13-20-55(63)44-26-30-48(66)31-27-44/h4-40H,41H2,1-3H3. The molecule has 0 bridgehead atoms. The van der Waals surface area contributed by atoms with Crippen LogP contribution >= 0.6 is 0 Å². The lowest BCUT2D eigenvalue weighted by molar-refractivity contribution is 0.483. The Morgan fingerprint density at radius 1 is 0.451 bits per heavy atom. The van der Waals surface area contributed by atoms with Gasteiger partial charge in [-0.1, -0.05) is 148 Å². The minimum atomic E-state index is -0.306. The molecule has 1 aliphatic heterocycles. The molecular formula is C64H48F2N4O. The van der Waals surface area contributed by atoms with Gasteiger partial charge in [-0.25, -0.2) is 13.8 Å². The molecule has 0 radical (unpaired) electrons. The first-order chi connectivity index (χ1) is 34.6. The number of halogens is 2. The molecule has 11 aromatic rings. The molecule has 9 aromatic carbocycles. The Hall–Kier alpha value is -8.81. The Morgan fingerprint density at radius 3 is 1.72 bits per heavy atom. The van der Waals surface area contributed by atoms with Crippen molar-refractivity contribution in [2.45, 2.75) is 26.2 Å². The molecule has 5 nitrogen and oxygen atoms in total. The van der Waals surface area contributed by atoms with Gasteiger partial charge in [0, 0.05) is 45.9 Å². The van der Waals surface area contributed by atoms with E-state index < -0.39 is 0 Å². The molecule has 2 aromatic heterocycles. The van der Waals surface area contributed by atoms with Crippen LogP contribution in [0.5, 0.6) is 11.5 Å². The van der Waals surface area contributed by atoms with Crippen LogP contribution in [0.4, 0.5) is 31.5 Å². The second-order valence-corrected chi connectivity index (χ2v) is 19.1. The van der Waals surface area contributed by atoms with Gasteiger partial charge in [-0.3, -0.25) is 4.57 Å². The van der Waals surface area contributed by atoms with Crippen molar-refractivity contribution in [3.05, 3.63) is 242 Å².